The monoisotopic (exact) mass is 486 g/mol. The van der Waals surface area contributed by atoms with Gasteiger partial charge in [-0.2, -0.15) is 0 Å². The summed E-state index contributed by atoms with van der Waals surface area (Å²) in [6.45, 7) is 12.8. The summed E-state index contributed by atoms with van der Waals surface area (Å²) < 4.78 is 0. The van der Waals surface area contributed by atoms with Crippen LogP contribution in [-0.4, -0.2) is 0 Å². The van der Waals surface area contributed by atoms with Crippen LogP contribution in [0.2, 0.25) is 0 Å². The minimum Gasteiger partial charge on any atom is -0.115 e. The number of rotatable bonds is 0. The Morgan fingerprint density at radius 3 is 0.921 bits per heavy atom. The van der Waals surface area contributed by atoms with E-state index in [0.29, 0.717) is 33.4 Å². The molecule has 0 spiro atoms. The number of hydrogen-bond acceptors (Lipinski definition) is 0. The van der Waals surface area contributed by atoms with Crippen LogP contribution in [0.15, 0.2) is 48.5 Å². The van der Waals surface area contributed by atoms with Gasteiger partial charge in [0.15, 0.2) is 0 Å². The highest BCUT2D eigenvalue weighted by Gasteiger charge is 2.18. The molecule has 0 fully saturated rings. The van der Waals surface area contributed by atoms with Crippen LogP contribution in [0.1, 0.15) is 97.2 Å². The molecular weight excluding hydrogens is 456 g/mol. The average molecular weight is 487 g/mol. The third kappa shape index (κ3) is 6.22. The Hall–Kier alpha value is -4.98. The van der Waals surface area contributed by atoms with Crippen molar-refractivity contribution in [2.45, 2.75) is 52.4 Å². The molecule has 0 aromatic heterocycles. The van der Waals surface area contributed by atoms with Crippen molar-refractivity contribution in [3.63, 3.8) is 0 Å². The predicted octanol–water partition coefficient (Wildman–Crippen LogP) is 7.01. The van der Waals surface area contributed by atoms with Crippen LogP contribution in [0.3, 0.4) is 0 Å². The summed E-state index contributed by atoms with van der Waals surface area (Å²) in [5.74, 6) is 23.7. The molecular formula is C38H30. The normalized spacial score (nSPS) is 10.4. The molecule has 0 nitrogen and oxygen atoms in total. The molecule has 3 aromatic rings. The predicted molar refractivity (Wildman–Crippen MR) is 160 cm³/mol. The van der Waals surface area contributed by atoms with Crippen LogP contribution in [0, 0.1) is 73.1 Å². The summed E-state index contributed by atoms with van der Waals surface area (Å²) in [4.78, 5) is 0. The van der Waals surface area contributed by atoms with Gasteiger partial charge in [-0.25, -0.2) is 0 Å². The lowest BCUT2D eigenvalue weighted by Crippen LogP contribution is -2.12. The van der Waals surface area contributed by atoms with Crippen LogP contribution in [-0.2, 0) is 10.8 Å². The summed E-state index contributed by atoms with van der Waals surface area (Å²) in [5, 5.41) is 0. The van der Waals surface area contributed by atoms with Crippen molar-refractivity contribution in [1.82, 2.24) is 0 Å². The third-order valence-electron chi connectivity index (χ3n) is 6.18. The van der Waals surface area contributed by atoms with E-state index in [-0.39, 0.29) is 10.8 Å². The second kappa shape index (κ2) is 11.0. The van der Waals surface area contributed by atoms with Crippen LogP contribution < -0.4 is 0 Å². The minimum atomic E-state index is -0.0728. The molecule has 182 valence electrons. The number of hydrogen-bond donors (Lipinski definition) is 0. The van der Waals surface area contributed by atoms with E-state index in [1.165, 1.54) is 0 Å². The SMILES string of the molecule is C#Cc1cc(C(C)(C)C)cc(C#C)c1C#Cc1ccc(C#Cc2c(C#C)cc(C(C)(C)C)cc2C#C)cc1. The minimum absolute atomic E-state index is 0.0728. The maximum Gasteiger partial charge on any atom is 0.0562 e. The van der Waals surface area contributed by atoms with Crippen molar-refractivity contribution < 1.29 is 0 Å². The molecule has 0 atom stereocenters. The molecule has 0 heteroatoms. The number of benzene rings is 3. The largest absolute Gasteiger partial charge is 0.115 e. The lowest BCUT2D eigenvalue weighted by atomic mass is 9.83. The van der Waals surface area contributed by atoms with Crippen molar-refractivity contribution in [3.8, 4) is 73.1 Å². The van der Waals surface area contributed by atoms with Gasteiger partial charge in [0.2, 0.25) is 0 Å². The second-order valence-corrected chi connectivity index (χ2v) is 11.0. The molecule has 38 heavy (non-hydrogen) atoms. The van der Waals surface area contributed by atoms with Crippen LogP contribution >= 0.6 is 0 Å². The zero-order valence-corrected chi connectivity index (χ0v) is 22.9. The molecule has 3 aromatic carbocycles. The molecule has 3 rings (SSSR count). The molecule has 0 saturated carbocycles. The zero-order valence-electron chi connectivity index (χ0n) is 22.9. The highest BCUT2D eigenvalue weighted by Crippen LogP contribution is 2.28. The van der Waals surface area contributed by atoms with Crippen molar-refractivity contribution in [1.29, 1.82) is 0 Å². The molecule has 0 unspecified atom stereocenters. The first-order chi connectivity index (χ1) is 17.9. The Morgan fingerprint density at radius 1 is 0.447 bits per heavy atom. The van der Waals surface area contributed by atoms with E-state index in [0.717, 1.165) is 22.3 Å². The van der Waals surface area contributed by atoms with Gasteiger partial charge < -0.3 is 0 Å². The standard InChI is InChI=1S/C38H30/c1-11-29-23-33(37(5,6)7)24-30(12-2)35(29)21-19-27-15-17-28(18-16-27)20-22-36-31(13-3)25-34(38(8,9)10)26-32(36)14-4/h1-4,15-18,23-26H,5-10H3. The lowest BCUT2D eigenvalue weighted by Gasteiger charge is -2.20. The smallest absolute Gasteiger partial charge is 0.0562 e. The molecule has 0 heterocycles. The van der Waals surface area contributed by atoms with Crippen molar-refractivity contribution in [2.75, 3.05) is 0 Å². The van der Waals surface area contributed by atoms with Gasteiger partial charge in [0.1, 0.15) is 0 Å². The van der Waals surface area contributed by atoms with Crippen molar-refractivity contribution >= 4 is 0 Å². The van der Waals surface area contributed by atoms with E-state index in [1.54, 1.807) is 0 Å². The summed E-state index contributed by atoms with van der Waals surface area (Å²) in [5.41, 5.74) is 7.85. The molecule has 0 bridgehead atoms. The molecule has 0 saturated heterocycles. The Bertz CT molecular complexity index is 1490. The molecule has 0 amide bonds. The third-order valence-corrected chi connectivity index (χ3v) is 6.18. The fourth-order valence-electron chi connectivity index (χ4n) is 3.78. The maximum absolute atomic E-state index is 5.80. The van der Waals surface area contributed by atoms with E-state index in [2.05, 4.69) is 88.9 Å². The van der Waals surface area contributed by atoms with Gasteiger partial charge >= 0.3 is 0 Å². The summed E-state index contributed by atoms with van der Waals surface area (Å²) in [6.07, 6.45) is 23.2. The lowest BCUT2D eigenvalue weighted by molar-refractivity contribution is 0.589. The fraction of sp³-hybridized carbons (Fsp3) is 0.211. The Kier molecular flexibility index (Phi) is 7.96. The summed E-state index contributed by atoms with van der Waals surface area (Å²) in [7, 11) is 0. The fourth-order valence-corrected chi connectivity index (χ4v) is 3.78. The van der Waals surface area contributed by atoms with Gasteiger partial charge in [0, 0.05) is 33.4 Å². The highest BCUT2D eigenvalue weighted by atomic mass is 14.2. The van der Waals surface area contributed by atoms with E-state index in [1.807, 2.05) is 48.5 Å². The van der Waals surface area contributed by atoms with E-state index in [4.69, 9.17) is 25.7 Å². The summed E-state index contributed by atoms with van der Waals surface area (Å²) >= 11 is 0. The van der Waals surface area contributed by atoms with E-state index < -0.39 is 0 Å². The first-order valence-electron chi connectivity index (χ1n) is 12.3. The highest BCUT2D eigenvalue weighted by molar-refractivity contribution is 5.63. The number of terminal acetylenes is 4. The van der Waals surface area contributed by atoms with Gasteiger partial charge in [-0.1, -0.05) is 88.9 Å². The van der Waals surface area contributed by atoms with Crippen molar-refractivity contribution in [2.24, 2.45) is 0 Å². The Morgan fingerprint density at radius 2 is 0.711 bits per heavy atom. The zero-order chi connectivity index (χ0) is 28.1. The molecule has 0 radical (unpaired) electrons. The van der Waals surface area contributed by atoms with Gasteiger partial charge in [0.05, 0.1) is 11.1 Å². The van der Waals surface area contributed by atoms with Crippen LogP contribution in [0.5, 0.6) is 0 Å². The maximum atomic E-state index is 5.80. The first kappa shape index (κ1) is 27.6. The van der Waals surface area contributed by atoms with E-state index in [9.17, 15) is 0 Å². The second-order valence-electron chi connectivity index (χ2n) is 11.0. The molecule has 0 aliphatic carbocycles. The Labute approximate surface area is 229 Å². The van der Waals surface area contributed by atoms with Crippen molar-refractivity contribution in [3.05, 3.63) is 104 Å². The molecule has 0 aliphatic heterocycles. The van der Waals surface area contributed by atoms with Crippen LogP contribution in [0.4, 0.5) is 0 Å². The topological polar surface area (TPSA) is 0 Å². The average Bonchev–Trinajstić information content (AvgIpc) is 2.89. The van der Waals surface area contributed by atoms with Gasteiger partial charge in [0.25, 0.3) is 0 Å². The Balaban J connectivity index is 1.96. The van der Waals surface area contributed by atoms with Gasteiger partial charge in [-0.15, -0.1) is 25.7 Å². The van der Waals surface area contributed by atoms with Gasteiger partial charge in [-0.3, -0.25) is 0 Å². The molecule has 0 aliphatic rings. The quantitative estimate of drug-likeness (QED) is 0.300. The van der Waals surface area contributed by atoms with Gasteiger partial charge in [-0.05, 0) is 70.5 Å². The first-order valence-corrected chi connectivity index (χ1v) is 12.3. The van der Waals surface area contributed by atoms with E-state index >= 15 is 0 Å². The molecule has 0 N–H and O–H groups in total. The summed E-state index contributed by atoms with van der Waals surface area (Å²) in [6, 6.07) is 15.6. The van der Waals surface area contributed by atoms with Crippen LogP contribution in [0.25, 0.3) is 0 Å².